The summed E-state index contributed by atoms with van der Waals surface area (Å²) in [6, 6.07) is 53.6. The average Bonchev–Trinajstić information content (AvgIpc) is 0.782. The SMILES string of the molecule is CN1CCN(c2ccc(-c3cncc(-c4cc(-c5cc(Cl)ccc5F)nc5ncccc45)c3)cn2)CC1.Fc1ccc(Cl)cc1-c1cc(-c2cncc(-c3ccc(N4CCNCC4)cc3)c2)c2cccnc2n1.Fc1ccc(Cl)cc1-c1cc(-c2cncc(-c3ccc(N4CCNCC4)nc3)c2)c2cccnc2n1. The van der Waals surface area contributed by atoms with Crippen molar-refractivity contribution in [3.05, 3.63) is 277 Å². The minimum atomic E-state index is -0.393. The molecule has 23 heteroatoms. The van der Waals surface area contributed by atoms with Gasteiger partial charge in [-0.25, -0.2) is 53.0 Å². The molecular formula is C86H69Cl3F3N17. The molecule has 0 spiro atoms. The summed E-state index contributed by atoms with van der Waals surface area (Å²) in [4.78, 5) is 59.5. The molecule has 0 bridgehead atoms. The summed E-state index contributed by atoms with van der Waals surface area (Å²) in [6.45, 7) is 11.9. The van der Waals surface area contributed by atoms with Crippen molar-refractivity contribution >= 4 is 85.2 Å². The highest BCUT2D eigenvalue weighted by atomic mass is 35.5. The second-order valence-electron chi connectivity index (χ2n) is 26.7. The van der Waals surface area contributed by atoms with Crippen molar-refractivity contribution in [3.8, 4) is 101 Å². The Balaban J connectivity index is 0.000000124. The second-order valence-corrected chi connectivity index (χ2v) is 28.0. The normalized spacial score (nSPS) is 14.0. The molecule has 18 rings (SSSR count). The van der Waals surface area contributed by atoms with Crippen LogP contribution in [0.4, 0.5) is 30.5 Å². The molecule has 4 aromatic carbocycles. The number of likely N-dealkylation sites (N-methyl/N-ethyl adjacent to an activating group) is 1. The summed E-state index contributed by atoms with van der Waals surface area (Å²) in [5, 5.41) is 10.7. The summed E-state index contributed by atoms with van der Waals surface area (Å²) in [5.41, 5.74) is 16.4. The lowest BCUT2D eigenvalue weighted by atomic mass is 9.98. The van der Waals surface area contributed by atoms with Gasteiger partial charge in [-0.3, -0.25) is 15.0 Å². The third-order valence-corrected chi connectivity index (χ3v) is 20.3. The van der Waals surface area contributed by atoms with E-state index in [0.29, 0.717) is 65.8 Å². The quantitative estimate of drug-likeness (QED) is 0.118. The molecule has 3 fully saturated rings. The molecule has 14 heterocycles. The van der Waals surface area contributed by atoms with Crippen LogP contribution in [0.5, 0.6) is 0 Å². The molecule has 0 atom stereocenters. The Labute approximate surface area is 642 Å². The number of hydrogen-bond acceptors (Lipinski definition) is 17. The van der Waals surface area contributed by atoms with E-state index in [0.717, 1.165) is 173 Å². The molecule has 17 nitrogen and oxygen atoms in total. The first-order chi connectivity index (χ1) is 53.4. The monoisotopic (exact) mass is 1500 g/mol. The lowest BCUT2D eigenvalue weighted by molar-refractivity contribution is 0.312. The molecule has 0 aliphatic carbocycles. The lowest BCUT2D eigenvalue weighted by Gasteiger charge is -2.33. The molecule has 0 radical (unpaired) electrons. The molecule has 540 valence electrons. The van der Waals surface area contributed by atoms with Crippen LogP contribution in [-0.2, 0) is 0 Å². The fourth-order valence-corrected chi connectivity index (χ4v) is 14.3. The third-order valence-electron chi connectivity index (χ3n) is 19.6. The number of anilines is 3. The Morgan fingerprint density at radius 1 is 0.312 bits per heavy atom. The van der Waals surface area contributed by atoms with Crippen LogP contribution < -0.4 is 25.3 Å². The first-order valence-electron chi connectivity index (χ1n) is 35.7. The molecule has 3 saturated heterocycles. The predicted molar refractivity (Wildman–Crippen MR) is 431 cm³/mol. The summed E-state index contributed by atoms with van der Waals surface area (Å²) in [7, 11) is 2.14. The van der Waals surface area contributed by atoms with Crippen molar-refractivity contribution in [2.24, 2.45) is 0 Å². The van der Waals surface area contributed by atoms with Gasteiger partial charge in [0.15, 0.2) is 16.9 Å². The number of halogens is 6. The van der Waals surface area contributed by atoms with E-state index in [9.17, 15) is 13.2 Å². The number of benzene rings is 4. The van der Waals surface area contributed by atoms with Crippen molar-refractivity contribution in [3.63, 3.8) is 0 Å². The topological polar surface area (TPSA) is 179 Å². The van der Waals surface area contributed by atoms with Gasteiger partial charge in [-0.2, -0.15) is 0 Å². The van der Waals surface area contributed by atoms with Crippen LogP contribution in [-0.4, -0.2) is 145 Å². The third kappa shape index (κ3) is 16.1. The van der Waals surface area contributed by atoms with E-state index in [4.69, 9.17) is 44.8 Å². The Bertz CT molecular complexity index is 5570. The summed E-state index contributed by atoms with van der Waals surface area (Å²) < 4.78 is 44.1. The first-order valence-corrected chi connectivity index (χ1v) is 36.9. The maximum Gasteiger partial charge on any atom is 0.160 e. The van der Waals surface area contributed by atoms with Gasteiger partial charge >= 0.3 is 0 Å². The highest BCUT2D eigenvalue weighted by molar-refractivity contribution is 6.31. The van der Waals surface area contributed by atoms with E-state index in [1.807, 2.05) is 91.8 Å². The Kier molecular flexibility index (Phi) is 21.2. The van der Waals surface area contributed by atoms with Gasteiger partial charge in [-0.1, -0.05) is 46.9 Å². The van der Waals surface area contributed by atoms with Crippen LogP contribution in [0.2, 0.25) is 15.1 Å². The van der Waals surface area contributed by atoms with Gasteiger partial charge in [-0.15, -0.1) is 0 Å². The van der Waals surface area contributed by atoms with Gasteiger partial charge in [0.25, 0.3) is 0 Å². The van der Waals surface area contributed by atoms with Gasteiger partial charge in [0.2, 0.25) is 0 Å². The number of fused-ring (bicyclic) bond motifs is 3. The van der Waals surface area contributed by atoms with E-state index < -0.39 is 11.6 Å². The molecule has 109 heavy (non-hydrogen) atoms. The van der Waals surface area contributed by atoms with E-state index in [1.165, 1.54) is 42.1 Å². The van der Waals surface area contributed by atoms with E-state index >= 15 is 0 Å². The minimum Gasteiger partial charge on any atom is -0.369 e. The average molecular weight is 1500 g/mol. The van der Waals surface area contributed by atoms with E-state index in [1.54, 1.807) is 49.2 Å². The van der Waals surface area contributed by atoms with Crippen LogP contribution in [0.3, 0.4) is 0 Å². The van der Waals surface area contributed by atoms with Crippen LogP contribution >= 0.6 is 34.8 Å². The largest absolute Gasteiger partial charge is 0.369 e. The van der Waals surface area contributed by atoms with Gasteiger partial charge in [0.05, 0.1) is 17.1 Å². The molecule has 3 aliphatic heterocycles. The van der Waals surface area contributed by atoms with Gasteiger partial charge in [0, 0.05) is 245 Å². The first kappa shape index (κ1) is 71.5. The smallest absolute Gasteiger partial charge is 0.160 e. The van der Waals surface area contributed by atoms with Gasteiger partial charge in [-0.05, 0) is 193 Å². The molecular weight excluding hydrogens is 1430 g/mol. The molecule has 0 amide bonds. The lowest BCUT2D eigenvalue weighted by Crippen LogP contribution is -2.44. The Morgan fingerprint density at radius 2 is 0.661 bits per heavy atom. The zero-order chi connectivity index (χ0) is 74.3. The van der Waals surface area contributed by atoms with E-state index in [-0.39, 0.29) is 5.82 Å². The number of pyridine rings is 11. The molecule has 0 unspecified atom stereocenters. The van der Waals surface area contributed by atoms with E-state index in [2.05, 4.69) is 149 Å². The summed E-state index contributed by atoms with van der Waals surface area (Å²) >= 11 is 18.5. The molecule has 2 N–H and O–H groups in total. The molecule has 0 saturated carbocycles. The number of nitrogens with zero attached hydrogens (tertiary/aromatic N) is 15. The standard InChI is InChI=1S/C29H24ClFN6.C29H23ClFN5.C28H22ClFN6/c1-36-9-11-37(12-10-36)28-7-4-19(18-34-28)20-13-21(17-32-16-20)24-15-27(25-14-22(30)5-6-26(25)31)35-29-23(24)3-2-8-33-29;30-22-5-8-27(31)26(15-22)28-16-25(24-2-1-9-34-29(24)35-28)21-14-20(17-33-18-21)19-3-6-23(7-4-19)36-12-10-32-11-13-36;29-21-4-5-25(30)24(13-21)26-14-23(22-2-1-7-33-28(22)35-26)20-12-19(15-32-16-20)18-3-6-27(34-17-18)36-10-8-31-9-11-36/h2-8,13-18H,9-12H2,1H3;1-9,14-18,32H,10-13H2;1-7,12-17,31H,8-11H2. The van der Waals surface area contributed by atoms with Gasteiger partial charge < -0.3 is 30.2 Å². The van der Waals surface area contributed by atoms with Crippen molar-refractivity contribution in [2.75, 3.05) is 100 Å². The molecule has 3 aliphatic rings. The highest BCUT2D eigenvalue weighted by Crippen LogP contribution is 2.40. The predicted octanol–water partition coefficient (Wildman–Crippen LogP) is 17.8. The Hall–Kier alpha value is -11.8. The fraction of sp³-hybridized carbons (Fsp3) is 0.151. The number of hydrogen-bond donors (Lipinski definition) is 2. The van der Waals surface area contributed by atoms with Crippen molar-refractivity contribution in [1.29, 1.82) is 0 Å². The summed E-state index contributed by atoms with van der Waals surface area (Å²) in [6.07, 6.45) is 19.8. The molecule has 15 aromatic rings. The zero-order valence-corrected chi connectivity index (χ0v) is 61.3. The summed E-state index contributed by atoms with van der Waals surface area (Å²) in [5.74, 6) is 0.792. The van der Waals surface area contributed by atoms with Crippen LogP contribution in [0.15, 0.2) is 244 Å². The maximum absolute atomic E-state index is 14.7. The van der Waals surface area contributed by atoms with Crippen molar-refractivity contribution in [2.45, 2.75) is 0 Å². The number of aromatic nitrogens is 11. The van der Waals surface area contributed by atoms with Crippen LogP contribution in [0.25, 0.3) is 134 Å². The van der Waals surface area contributed by atoms with Crippen molar-refractivity contribution in [1.82, 2.24) is 70.4 Å². The second kappa shape index (κ2) is 32.4. The number of piperazine rings is 3. The number of nitrogens with one attached hydrogen (secondary N) is 2. The van der Waals surface area contributed by atoms with Crippen LogP contribution in [0, 0.1) is 17.5 Å². The van der Waals surface area contributed by atoms with Gasteiger partial charge in [0.1, 0.15) is 29.1 Å². The molecule has 11 aromatic heterocycles. The zero-order valence-electron chi connectivity index (χ0n) is 59.1. The number of rotatable bonds is 12. The van der Waals surface area contributed by atoms with Crippen molar-refractivity contribution < 1.29 is 13.2 Å². The van der Waals surface area contributed by atoms with Crippen LogP contribution in [0.1, 0.15) is 0 Å². The highest BCUT2D eigenvalue weighted by Gasteiger charge is 2.22. The Morgan fingerprint density at radius 3 is 1.04 bits per heavy atom. The minimum absolute atomic E-state index is 0.327. The fourth-order valence-electron chi connectivity index (χ4n) is 13.8. The maximum atomic E-state index is 14.7.